The van der Waals surface area contributed by atoms with Crippen molar-refractivity contribution >= 4 is 16.9 Å². The van der Waals surface area contributed by atoms with Crippen molar-refractivity contribution in [2.24, 2.45) is 5.92 Å². The Morgan fingerprint density at radius 3 is 3.10 bits per heavy atom. The van der Waals surface area contributed by atoms with Gasteiger partial charge in [0.05, 0.1) is 12.1 Å². The quantitative estimate of drug-likeness (QED) is 0.832. The first-order valence-corrected chi connectivity index (χ1v) is 7.41. The van der Waals surface area contributed by atoms with Crippen LogP contribution in [0.2, 0.25) is 0 Å². The number of hydrogen-bond acceptors (Lipinski definition) is 4. The second-order valence-electron chi connectivity index (χ2n) is 5.40. The van der Waals surface area contributed by atoms with Gasteiger partial charge < -0.3 is 9.64 Å². The van der Waals surface area contributed by atoms with Crippen molar-refractivity contribution in [2.45, 2.75) is 19.9 Å². The van der Waals surface area contributed by atoms with Gasteiger partial charge in [-0.3, -0.25) is 4.79 Å². The highest BCUT2D eigenvalue weighted by atomic mass is 16.5. The van der Waals surface area contributed by atoms with E-state index >= 15 is 0 Å². The maximum atomic E-state index is 12.5. The average Bonchev–Trinajstić information content (AvgIpc) is 3.15. The molecule has 0 N–H and O–H groups in total. The highest BCUT2D eigenvalue weighted by Crippen LogP contribution is 2.15. The molecule has 112 valence electrons. The van der Waals surface area contributed by atoms with Gasteiger partial charge >= 0.3 is 0 Å². The molecule has 1 saturated heterocycles. The van der Waals surface area contributed by atoms with Crippen LogP contribution in [0.3, 0.4) is 0 Å². The lowest BCUT2D eigenvalue weighted by Crippen LogP contribution is -2.37. The van der Waals surface area contributed by atoms with E-state index < -0.39 is 0 Å². The molecule has 1 atom stereocenters. The standard InChI is InChI=1S/C15H20N4O2/c1-2-18(9-12-7-8-21-11-12)15(20)10-19-14-6-4-3-5-13(14)16-17-19/h3-6,12H,2,7-11H2,1H3. The molecule has 1 aromatic carbocycles. The molecule has 0 aliphatic carbocycles. The summed E-state index contributed by atoms with van der Waals surface area (Å²) in [5.74, 6) is 0.543. The number of fused-ring (bicyclic) bond motifs is 1. The Morgan fingerprint density at radius 2 is 2.33 bits per heavy atom. The minimum atomic E-state index is 0.0834. The SMILES string of the molecule is CCN(CC1CCOC1)C(=O)Cn1nnc2ccccc21. The summed E-state index contributed by atoms with van der Waals surface area (Å²) in [6.07, 6.45) is 1.04. The lowest BCUT2D eigenvalue weighted by Gasteiger charge is -2.23. The predicted octanol–water partition coefficient (Wildman–Crippen LogP) is 1.32. The summed E-state index contributed by atoms with van der Waals surface area (Å²) in [5, 5.41) is 8.16. The molecule has 0 saturated carbocycles. The maximum absolute atomic E-state index is 12.5. The summed E-state index contributed by atoms with van der Waals surface area (Å²) >= 11 is 0. The molecule has 6 nitrogen and oxygen atoms in total. The Balaban J connectivity index is 1.69. The van der Waals surface area contributed by atoms with Crippen molar-refractivity contribution in [3.8, 4) is 0 Å². The minimum Gasteiger partial charge on any atom is -0.381 e. The van der Waals surface area contributed by atoms with Gasteiger partial charge in [0.2, 0.25) is 5.91 Å². The van der Waals surface area contributed by atoms with E-state index in [0.29, 0.717) is 12.5 Å². The Morgan fingerprint density at radius 1 is 1.48 bits per heavy atom. The van der Waals surface area contributed by atoms with Crippen molar-refractivity contribution in [3.63, 3.8) is 0 Å². The zero-order chi connectivity index (χ0) is 14.7. The number of carbonyl (C=O) groups is 1. The zero-order valence-corrected chi connectivity index (χ0v) is 12.2. The van der Waals surface area contributed by atoms with E-state index in [2.05, 4.69) is 10.3 Å². The second kappa shape index (κ2) is 6.22. The van der Waals surface area contributed by atoms with E-state index in [1.807, 2.05) is 36.1 Å². The monoisotopic (exact) mass is 288 g/mol. The van der Waals surface area contributed by atoms with Crippen LogP contribution in [0.25, 0.3) is 11.0 Å². The van der Waals surface area contributed by atoms with E-state index in [-0.39, 0.29) is 12.5 Å². The normalized spacial score (nSPS) is 18.2. The Bertz CT molecular complexity index is 619. The third kappa shape index (κ3) is 3.05. The van der Waals surface area contributed by atoms with Crippen LogP contribution in [0.1, 0.15) is 13.3 Å². The summed E-state index contributed by atoms with van der Waals surface area (Å²) in [4.78, 5) is 14.4. The molecular formula is C15H20N4O2. The Labute approximate surface area is 123 Å². The van der Waals surface area contributed by atoms with Crippen LogP contribution in [-0.2, 0) is 16.1 Å². The molecule has 1 unspecified atom stereocenters. The topological polar surface area (TPSA) is 60.2 Å². The number of amides is 1. The van der Waals surface area contributed by atoms with Crippen molar-refractivity contribution < 1.29 is 9.53 Å². The number of benzene rings is 1. The molecule has 1 aliphatic rings. The molecule has 21 heavy (non-hydrogen) atoms. The third-order valence-electron chi connectivity index (χ3n) is 3.94. The first kappa shape index (κ1) is 14.0. The Hall–Kier alpha value is -1.95. The summed E-state index contributed by atoms with van der Waals surface area (Å²) in [7, 11) is 0. The van der Waals surface area contributed by atoms with Crippen LogP contribution in [0.5, 0.6) is 0 Å². The molecule has 1 fully saturated rings. The lowest BCUT2D eigenvalue weighted by atomic mass is 10.1. The average molecular weight is 288 g/mol. The summed E-state index contributed by atoms with van der Waals surface area (Å²) in [6, 6.07) is 7.68. The fourth-order valence-corrected chi connectivity index (χ4v) is 2.71. The second-order valence-corrected chi connectivity index (χ2v) is 5.40. The Kier molecular flexibility index (Phi) is 4.15. The van der Waals surface area contributed by atoms with Crippen molar-refractivity contribution in [2.75, 3.05) is 26.3 Å². The van der Waals surface area contributed by atoms with E-state index in [4.69, 9.17) is 4.74 Å². The maximum Gasteiger partial charge on any atom is 0.244 e. The van der Waals surface area contributed by atoms with Crippen molar-refractivity contribution in [1.82, 2.24) is 19.9 Å². The number of para-hydroxylation sites is 1. The van der Waals surface area contributed by atoms with Gasteiger partial charge in [0.15, 0.2) is 0 Å². The van der Waals surface area contributed by atoms with Gasteiger partial charge in [-0.2, -0.15) is 0 Å². The molecule has 3 rings (SSSR count). The molecule has 6 heteroatoms. The number of hydrogen-bond donors (Lipinski definition) is 0. The van der Waals surface area contributed by atoms with Crippen molar-refractivity contribution in [1.29, 1.82) is 0 Å². The van der Waals surface area contributed by atoms with Gasteiger partial charge in [0.25, 0.3) is 0 Å². The summed E-state index contributed by atoms with van der Waals surface area (Å²) < 4.78 is 7.05. The fraction of sp³-hybridized carbons (Fsp3) is 0.533. The van der Waals surface area contributed by atoms with Crippen LogP contribution < -0.4 is 0 Å². The number of likely N-dealkylation sites (N-methyl/N-ethyl adjacent to an activating group) is 1. The molecule has 0 spiro atoms. The van der Waals surface area contributed by atoms with Gasteiger partial charge in [-0.1, -0.05) is 17.3 Å². The van der Waals surface area contributed by atoms with Crippen molar-refractivity contribution in [3.05, 3.63) is 24.3 Å². The van der Waals surface area contributed by atoms with Gasteiger partial charge in [-0.05, 0) is 25.5 Å². The van der Waals surface area contributed by atoms with Gasteiger partial charge in [-0.25, -0.2) is 4.68 Å². The molecule has 0 bridgehead atoms. The minimum absolute atomic E-state index is 0.0834. The van der Waals surface area contributed by atoms with Gasteiger partial charge in [-0.15, -0.1) is 5.10 Å². The molecule has 1 amide bonds. The van der Waals surface area contributed by atoms with E-state index in [0.717, 1.165) is 37.2 Å². The fourth-order valence-electron chi connectivity index (χ4n) is 2.71. The van der Waals surface area contributed by atoms with Gasteiger partial charge in [0, 0.05) is 25.6 Å². The molecule has 2 aromatic rings. The number of aromatic nitrogens is 3. The summed E-state index contributed by atoms with van der Waals surface area (Å²) in [6.45, 7) is 5.29. The number of rotatable bonds is 5. The smallest absolute Gasteiger partial charge is 0.244 e. The third-order valence-corrected chi connectivity index (χ3v) is 3.94. The molecular weight excluding hydrogens is 268 g/mol. The predicted molar refractivity (Wildman–Crippen MR) is 78.7 cm³/mol. The molecule has 1 aliphatic heterocycles. The number of nitrogens with zero attached hydrogens (tertiary/aromatic N) is 4. The largest absolute Gasteiger partial charge is 0.381 e. The van der Waals surface area contributed by atoms with Crippen LogP contribution in [0.4, 0.5) is 0 Å². The number of ether oxygens (including phenoxy) is 1. The first-order chi connectivity index (χ1) is 10.3. The van der Waals surface area contributed by atoms with E-state index in [1.54, 1.807) is 4.68 Å². The lowest BCUT2D eigenvalue weighted by molar-refractivity contribution is -0.132. The van der Waals surface area contributed by atoms with Crippen LogP contribution in [0, 0.1) is 5.92 Å². The number of carbonyl (C=O) groups excluding carboxylic acids is 1. The first-order valence-electron chi connectivity index (χ1n) is 7.41. The van der Waals surface area contributed by atoms with Crippen LogP contribution in [0.15, 0.2) is 24.3 Å². The molecule has 0 radical (unpaired) electrons. The molecule has 1 aromatic heterocycles. The van der Waals surface area contributed by atoms with Crippen LogP contribution in [-0.4, -0.2) is 52.1 Å². The summed E-state index contributed by atoms with van der Waals surface area (Å²) in [5.41, 5.74) is 1.71. The van der Waals surface area contributed by atoms with E-state index in [9.17, 15) is 4.79 Å². The zero-order valence-electron chi connectivity index (χ0n) is 12.2. The van der Waals surface area contributed by atoms with Crippen LogP contribution >= 0.6 is 0 Å². The molecule has 2 heterocycles. The highest BCUT2D eigenvalue weighted by molar-refractivity contribution is 5.79. The van der Waals surface area contributed by atoms with E-state index in [1.165, 1.54) is 0 Å². The van der Waals surface area contributed by atoms with Gasteiger partial charge in [0.1, 0.15) is 12.1 Å². The highest BCUT2D eigenvalue weighted by Gasteiger charge is 2.22.